The summed E-state index contributed by atoms with van der Waals surface area (Å²) in [4.78, 5) is 12.6. The van der Waals surface area contributed by atoms with Crippen LogP contribution in [0.3, 0.4) is 0 Å². The lowest BCUT2D eigenvalue weighted by Gasteiger charge is -2.07. The molecule has 1 aromatic carbocycles. The standard InChI is InChI=1S/C13H13ClN2O4S/c1-8-11(12(17)9-6-4-5-7-10(9)14)13(16(2)15-8)20-21(3,18)19/h4-7H,1-3H3. The number of carbonyl (C=O) groups excluding carboxylic acids is 1. The molecule has 0 N–H and O–H groups in total. The molecule has 0 saturated carbocycles. The number of aryl methyl sites for hydroxylation is 2. The molecule has 0 radical (unpaired) electrons. The highest BCUT2D eigenvalue weighted by atomic mass is 35.5. The van der Waals surface area contributed by atoms with Crippen molar-refractivity contribution in [2.75, 3.05) is 6.26 Å². The van der Waals surface area contributed by atoms with Crippen LogP contribution in [0.5, 0.6) is 5.88 Å². The minimum atomic E-state index is -3.78. The van der Waals surface area contributed by atoms with E-state index in [1.165, 1.54) is 11.7 Å². The predicted molar refractivity (Wildman–Crippen MR) is 78.3 cm³/mol. The Balaban J connectivity index is 2.59. The van der Waals surface area contributed by atoms with Crippen LogP contribution in [0.4, 0.5) is 0 Å². The minimum absolute atomic E-state index is 0.0797. The molecule has 0 fully saturated rings. The van der Waals surface area contributed by atoms with Gasteiger partial charge in [-0.15, -0.1) is 0 Å². The molecule has 6 nitrogen and oxygen atoms in total. The number of aromatic nitrogens is 2. The van der Waals surface area contributed by atoms with E-state index in [2.05, 4.69) is 5.10 Å². The lowest BCUT2D eigenvalue weighted by atomic mass is 10.0. The van der Waals surface area contributed by atoms with Crippen molar-refractivity contribution in [1.29, 1.82) is 0 Å². The Morgan fingerprint density at radius 3 is 2.52 bits per heavy atom. The first kappa shape index (κ1) is 15.5. The van der Waals surface area contributed by atoms with Crippen LogP contribution >= 0.6 is 11.6 Å². The van der Waals surface area contributed by atoms with Gasteiger partial charge in [0, 0.05) is 12.6 Å². The van der Waals surface area contributed by atoms with Crippen molar-refractivity contribution in [2.45, 2.75) is 6.92 Å². The van der Waals surface area contributed by atoms with Crippen LogP contribution in [0.1, 0.15) is 21.6 Å². The summed E-state index contributed by atoms with van der Waals surface area (Å²) in [6, 6.07) is 6.50. The number of rotatable bonds is 4. The molecule has 0 spiro atoms. The number of hydrogen-bond acceptors (Lipinski definition) is 5. The van der Waals surface area contributed by atoms with Crippen molar-refractivity contribution in [2.24, 2.45) is 7.05 Å². The maximum Gasteiger partial charge on any atom is 0.307 e. The van der Waals surface area contributed by atoms with Gasteiger partial charge < -0.3 is 4.18 Å². The Hall–Kier alpha value is -1.86. The third-order valence-electron chi connectivity index (χ3n) is 2.75. The van der Waals surface area contributed by atoms with E-state index < -0.39 is 15.9 Å². The number of benzene rings is 1. The third-order valence-corrected chi connectivity index (χ3v) is 3.54. The van der Waals surface area contributed by atoms with Crippen LogP contribution in [0.15, 0.2) is 24.3 Å². The smallest absolute Gasteiger partial charge is 0.307 e. The van der Waals surface area contributed by atoms with Gasteiger partial charge in [0.05, 0.1) is 17.0 Å². The van der Waals surface area contributed by atoms with Crippen molar-refractivity contribution >= 4 is 27.5 Å². The van der Waals surface area contributed by atoms with Crippen molar-refractivity contribution in [3.05, 3.63) is 46.1 Å². The topological polar surface area (TPSA) is 78.3 Å². The van der Waals surface area contributed by atoms with Gasteiger partial charge in [-0.05, 0) is 19.1 Å². The zero-order valence-electron chi connectivity index (χ0n) is 11.6. The summed E-state index contributed by atoms with van der Waals surface area (Å²) in [7, 11) is -2.28. The maximum atomic E-state index is 12.6. The van der Waals surface area contributed by atoms with Crippen molar-refractivity contribution < 1.29 is 17.4 Å². The zero-order valence-corrected chi connectivity index (χ0v) is 13.2. The molecule has 112 valence electrons. The molecule has 2 rings (SSSR count). The SMILES string of the molecule is Cc1nn(C)c(OS(C)(=O)=O)c1C(=O)c1ccccc1Cl. The van der Waals surface area contributed by atoms with E-state index >= 15 is 0 Å². The summed E-state index contributed by atoms with van der Waals surface area (Å²) in [5.74, 6) is -0.565. The van der Waals surface area contributed by atoms with Gasteiger partial charge in [-0.3, -0.25) is 4.79 Å². The molecule has 0 amide bonds. The Bertz CT molecular complexity index is 812. The Kier molecular flexibility index (Phi) is 4.06. The van der Waals surface area contributed by atoms with Crippen LogP contribution in [0, 0.1) is 6.92 Å². The molecule has 2 aromatic rings. The second-order valence-electron chi connectivity index (χ2n) is 4.49. The lowest BCUT2D eigenvalue weighted by Crippen LogP contribution is -2.12. The first-order chi connectivity index (χ1) is 9.70. The Labute approximate surface area is 127 Å². The minimum Gasteiger partial charge on any atom is -0.361 e. The summed E-state index contributed by atoms with van der Waals surface area (Å²) in [5.41, 5.74) is 0.700. The second-order valence-corrected chi connectivity index (χ2v) is 6.47. The number of nitrogens with zero attached hydrogens (tertiary/aromatic N) is 2. The average Bonchev–Trinajstić information content (AvgIpc) is 2.62. The van der Waals surface area contributed by atoms with Gasteiger partial charge in [-0.1, -0.05) is 23.7 Å². The molecule has 0 bridgehead atoms. The van der Waals surface area contributed by atoms with E-state index in [0.29, 0.717) is 5.69 Å². The van der Waals surface area contributed by atoms with Gasteiger partial charge >= 0.3 is 10.1 Å². The molecule has 0 aliphatic rings. The molecule has 0 aliphatic carbocycles. The Morgan fingerprint density at radius 2 is 1.95 bits per heavy atom. The summed E-state index contributed by atoms with van der Waals surface area (Å²) < 4.78 is 28.8. The van der Waals surface area contributed by atoms with Crippen LogP contribution in [0.2, 0.25) is 5.02 Å². The third kappa shape index (κ3) is 3.25. The highest BCUT2D eigenvalue weighted by Crippen LogP contribution is 2.28. The first-order valence-electron chi connectivity index (χ1n) is 5.93. The lowest BCUT2D eigenvalue weighted by molar-refractivity contribution is 0.103. The zero-order chi connectivity index (χ0) is 15.8. The summed E-state index contributed by atoms with van der Waals surface area (Å²) >= 11 is 6.01. The molecule has 0 saturated heterocycles. The molecule has 0 aliphatic heterocycles. The van der Waals surface area contributed by atoms with E-state index in [4.69, 9.17) is 15.8 Å². The van der Waals surface area contributed by atoms with Gasteiger partial charge in [0.1, 0.15) is 5.56 Å². The fourth-order valence-electron chi connectivity index (χ4n) is 1.92. The maximum absolute atomic E-state index is 12.6. The fraction of sp³-hybridized carbons (Fsp3) is 0.231. The van der Waals surface area contributed by atoms with Crippen LogP contribution in [-0.4, -0.2) is 30.2 Å². The highest BCUT2D eigenvalue weighted by Gasteiger charge is 2.26. The first-order valence-corrected chi connectivity index (χ1v) is 8.12. The molecule has 1 aromatic heterocycles. The molecule has 8 heteroatoms. The molecular formula is C13H13ClN2O4S. The van der Waals surface area contributed by atoms with Gasteiger partial charge in [0.2, 0.25) is 11.7 Å². The van der Waals surface area contributed by atoms with Crippen LogP contribution in [-0.2, 0) is 17.2 Å². The molecular weight excluding hydrogens is 316 g/mol. The van der Waals surface area contributed by atoms with Crippen molar-refractivity contribution in [1.82, 2.24) is 9.78 Å². The van der Waals surface area contributed by atoms with Gasteiger partial charge in [0.25, 0.3) is 0 Å². The molecule has 1 heterocycles. The summed E-state index contributed by atoms with van der Waals surface area (Å²) in [6.07, 6.45) is 0.902. The highest BCUT2D eigenvalue weighted by molar-refractivity contribution is 7.86. The van der Waals surface area contributed by atoms with Crippen molar-refractivity contribution in [3.63, 3.8) is 0 Å². The quantitative estimate of drug-likeness (QED) is 0.633. The van der Waals surface area contributed by atoms with Crippen LogP contribution in [0.25, 0.3) is 0 Å². The average molecular weight is 329 g/mol. The fourth-order valence-corrected chi connectivity index (χ4v) is 2.62. The second kappa shape index (κ2) is 5.50. The normalized spacial score (nSPS) is 11.4. The van der Waals surface area contributed by atoms with E-state index in [1.54, 1.807) is 31.2 Å². The molecule has 0 unspecified atom stereocenters. The number of carbonyl (C=O) groups is 1. The number of ketones is 1. The largest absolute Gasteiger partial charge is 0.361 e. The number of halogens is 1. The van der Waals surface area contributed by atoms with E-state index in [9.17, 15) is 13.2 Å². The van der Waals surface area contributed by atoms with Gasteiger partial charge in [-0.2, -0.15) is 13.5 Å². The van der Waals surface area contributed by atoms with E-state index in [1.807, 2.05) is 0 Å². The molecule has 21 heavy (non-hydrogen) atoms. The van der Waals surface area contributed by atoms with Crippen LogP contribution < -0.4 is 4.18 Å². The summed E-state index contributed by atoms with van der Waals surface area (Å²) in [5, 5.41) is 4.31. The predicted octanol–water partition coefficient (Wildman–Crippen LogP) is 1.95. The molecule has 0 atom stereocenters. The Morgan fingerprint density at radius 1 is 1.33 bits per heavy atom. The van der Waals surface area contributed by atoms with Gasteiger partial charge in [-0.25, -0.2) is 4.68 Å². The summed E-state index contributed by atoms with van der Waals surface area (Å²) in [6.45, 7) is 1.60. The monoisotopic (exact) mass is 328 g/mol. The van der Waals surface area contributed by atoms with E-state index in [-0.39, 0.29) is 22.0 Å². The van der Waals surface area contributed by atoms with Gasteiger partial charge in [0.15, 0.2) is 0 Å². The number of hydrogen-bond donors (Lipinski definition) is 0. The van der Waals surface area contributed by atoms with Crippen molar-refractivity contribution in [3.8, 4) is 5.88 Å². The van der Waals surface area contributed by atoms with E-state index in [0.717, 1.165) is 6.26 Å².